The molecule has 0 bridgehead atoms. The Morgan fingerprint density at radius 2 is 1.24 bits per heavy atom. The van der Waals surface area contributed by atoms with E-state index in [1.165, 1.54) is 0 Å². The number of phosphoric acid groups is 1. The van der Waals surface area contributed by atoms with Crippen LogP contribution in [0.1, 0.15) is 0 Å². The Morgan fingerprint density at radius 1 is 0.810 bits per heavy atom. The van der Waals surface area contributed by atoms with Gasteiger partial charge in [0.05, 0.1) is 28.3 Å². The fourth-order valence-electron chi connectivity index (χ4n) is 2.76. The highest BCUT2D eigenvalue weighted by Crippen LogP contribution is 2.44. The van der Waals surface area contributed by atoms with Crippen molar-refractivity contribution in [2.75, 3.05) is 60.7 Å². The van der Waals surface area contributed by atoms with E-state index < -0.39 is 52.3 Å². The van der Waals surface area contributed by atoms with Gasteiger partial charge in [0.2, 0.25) is 0 Å². The molecule has 0 aliphatic carbocycles. The van der Waals surface area contributed by atoms with Crippen LogP contribution in [0.4, 0.5) is 0 Å². The molecule has 0 aliphatic rings. The first-order valence-electron chi connectivity index (χ1n) is 11.8. The molecule has 2 aromatic carbocycles. The number of halogens is 6. The molecule has 0 saturated heterocycles. The highest BCUT2D eigenvalue weighted by Gasteiger charge is 2.30. The summed E-state index contributed by atoms with van der Waals surface area (Å²) in [7, 11) is 1.12. The van der Waals surface area contributed by atoms with Gasteiger partial charge in [-0.3, -0.25) is 9.05 Å². The van der Waals surface area contributed by atoms with E-state index >= 15 is 0 Å². The zero-order valence-corrected chi connectivity index (χ0v) is 36.3. The van der Waals surface area contributed by atoms with Crippen molar-refractivity contribution in [1.82, 2.24) is 0 Å². The lowest BCUT2D eigenvalue weighted by Gasteiger charge is -2.25. The highest BCUT2D eigenvalue weighted by molar-refractivity contribution is 14.1. The lowest BCUT2D eigenvalue weighted by atomic mass is 10.3. The molecule has 11 nitrogen and oxygen atoms in total. The van der Waals surface area contributed by atoms with Crippen molar-refractivity contribution < 1.29 is 51.5 Å². The molecular weight excluding hydrogens is 1250 g/mol. The minimum absolute atomic E-state index is 0.0636. The van der Waals surface area contributed by atoms with Crippen LogP contribution in [0, 0.1) is 21.4 Å². The Morgan fingerprint density at radius 3 is 1.64 bits per heavy atom. The smallest absolute Gasteiger partial charge is 0.472 e. The van der Waals surface area contributed by atoms with Gasteiger partial charge in [-0.1, -0.05) is 0 Å². The molecule has 42 heavy (non-hydrogen) atoms. The highest BCUT2D eigenvalue weighted by atomic mass is 127. The largest absolute Gasteiger partial charge is 0.481 e. The Hall–Kier alpha value is 1.43. The summed E-state index contributed by atoms with van der Waals surface area (Å²) in [5.41, 5.74) is 0. The Balaban J connectivity index is 1.99. The molecule has 2 aromatic rings. The molecule has 234 valence electrons. The molecule has 1 N–H and O–H groups in total. The van der Waals surface area contributed by atoms with Crippen LogP contribution >= 0.6 is 143 Å². The number of benzene rings is 2. The number of hydrogen-bond donors (Lipinski definition) is 1. The van der Waals surface area contributed by atoms with E-state index in [0.29, 0.717) is 22.5 Å². The molecule has 0 heterocycles. The molecule has 0 fully saturated rings. The van der Waals surface area contributed by atoms with Crippen LogP contribution in [-0.4, -0.2) is 88.1 Å². The first-order chi connectivity index (χ1) is 19.5. The number of phosphoric ester groups is 1. The first kappa shape index (κ1) is 39.6. The Labute approximate surface area is 326 Å². The van der Waals surface area contributed by atoms with Crippen LogP contribution in [0.15, 0.2) is 24.3 Å². The Kier molecular flexibility index (Phi) is 17.6. The van der Waals surface area contributed by atoms with Gasteiger partial charge in [0.1, 0.15) is 44.0 Å². The topological polar surface area (TPSA) is 127 Å². The number of carbonyl (C=O) groups excluding carboxylic acids is 2. The average Bonchev–Trinajstić information content (AvgIpc) is 2.87. The van der Waals surface area contributed by atoms with E-state index in [0.717, 1.165) is 21.4 Å². The molecule has 0 aromatic heterocycles. The lowest BCUT2D eigenvalue weighted by molar-refractivity contribution is -0.870. The second-order valence-corrected chi connectivity index (χ2v) is 17.8. The maximum atomic E-state index is 12.6. The summed E-state index contributed by atoms with van der Waals surface area (Å²) in [5, 5.41) is 0. The van der Waals surface area contributed by atoms with E-state index in [2.05, 4.69) is 136 Å². The minimum Gasteiger partial charge on any atom is -0.481 e. The van der Waals surface area contributed by atoms with Gasteiger partial charge in [0.25, 0.3) is 0 Å². The van der Waals surface area contributed by atoms with Crippen molar-refractivity contribution >= 4 is 155 Å². The van der Waals surface area contributed by atoms with Gasteiger partial charge >= 0.3 is 19.8 Å². The van der Waals surface area contributed by atoms with Gasteiger partial charge in [0.15, 0.2) is 13.2 Å². The summed E-state index contributed by atoms with van der Waals surface area (Å²) in [6, 6.07) is 7.53. The summed E-state index contributed by atoms with van der Waals surface area (Å²) in [6.07, 6.45) is -1.30. The van der Waals surface area contributed by atoms with Crippen molar-refractivity contribution in [2.45, 2.75) is 6.10 Å². The molecule has 0 spiro atoms. The van der Waals surface area contributed by atoms with Crippen molar-refractivity contribution in [2.24, 2.45) is 0 Å². The number of ether oxygens (including phenoxy) is 4. The number of hydrogen-bond acceptors (Lipinski definition) is 9. The quantitative estimate of drug-likeness (QED) is 0.0697. The number of carbonyl (C=O) groups is 2. The molecule has 2 rings (SSSR count). The number of nitrogens with zero attached hydrogens (tertiary/aromatic N) is 1. The molecule has 1 unspecified atom stereocenters. The minimum atomic E-state index is -4.58. The third kappa shape index (κ3) is 15.3. The van der Waals surface area contributed by atoms with Gasteiger partial charge < -0.3 is 28.3 Å². The van der Waals surface area contributed by atoms with Crippen molar-refractivity contribution in [3.05, 3.63) is 45.7 Å². The predicted molar refractivity (Wildman–Crippen MR) is 206 cm³/mol. The zero-order chi connectivity index (χ0) is 31.7. The molecule has 0 saturated carbocycles. The van der Waals surface area contributed by atoms with Gasteiger partial charge in [0, 0.05) is 14.3 Å². The normalized spacial score (nSPS) is 13.0. The zero-order valence-electron chi connectivity index (χ0n) is 22.4. The fraction of sp³-hybridized carbons (Fsp3) is 0.417. The van der Waals surface area contributed by atoms with E-state index in [1.807, 2.05) is 33.3 Å². The molecule has 0 radical (unpaired) electrons. The van der Waals surface area contributed by atoms with E-state index in [4.69, 9.17) is 28.0 Å². The van der Waals surface area contributed by atoms with E-state index in [1.54, 1.807) is 12.1 Å². The predicted octanol–water partition coefficient (Wildman–Crippen LogP) is 6.07. The Bertz CT molecular complexity index is 1230. The first-order valence-corrected chi connectivity index (χ1v) is 19.7. The standard InChI is InChI=1S/C24H26I6NO10P/c1-31(2,3)4-5-40-42(34,35)41-16(10-38-21(32)12-36-19-8-14(25)6-17(27)23(19)29)11-39-22(33)13-37-20-9-15(26)7-18(28)24(20)30/h6-9,16H,4-5,10-13H2,1-3H3/p+1. The number of likely N-dealkylation sites (N-methyl/N-ethyl adjacent to an activating group) is 1. The maximum Gasteiger partial charge on any atom is 0.472 e. The number of esters is 2. The van der Waals surface area contributed by atoms with Crippen LogP contribution in [0.25, 0.3) is 0 Å². The fourth-order valence-corrected chi connectivity index (χ4v) is 8.15. The van der Waals surface area contributed by atoms with Gasteiger partial charge in [-0.25, -0.2) is 14.2 Å². The van der Waals surface area contributed by atoms with Gasteiger partial charge in [-0.05, 0) is 160 Å². The summed E-state index contributed by atoms with van der Waals surface area (Å²) in [4.78, 5) is 35.1. The van der Waals surface area contributed by atoms with Crippen LogP contribution in [0.2, 0.25) is 0 Å². The third-order valence-corrected chi connectivity index (χ3v) is 13.1. The van der Waals surface area contributed by atoms with Crippen molar-refractivity contribution in [3.63, 3.8) is 0 Å². The number of rotatable bonds is 16. The molecular formula is C24H27I6NO10P+. The van der Waals surface area contributed by atoms with Crippen LogP contribution in [-0.2, 0) is 32.7 Å². The molecule has 18 heteroatoms. The summed E-state index contributed by atoms with van der Waals surface area (Å²) in [6.45, 7) is -1.43. The van der Waals surface area contributed by atoms with Crippen molar-refractivity contribution in [1.29, 1.82) is 0 Å². The van der Waals surface area contributed by atoms with Crippen LogP contribution in [0.5, 0.6) is 11.5 Å². The summed E-state index contributed by atoms with van der Waals surface area (Å²) >= 11 is 12.9. The van der Waals surface area contributed by atoms with Gasteiger partial charge in [-0.15, -0.1) is 0 Å². The van der Waals surface area contributed by atoms with Crippen LogP contribution in [0.3, 0.4) is 0 Å². The summed E-state index contributed by atoms with van der Waals surface area (Å²) < 4.78 is 50.6. The maximum absolute atomic E-state index is 12.6. The van der Waals surface area contributed by atoms with E-state index in [-0.39, 0.29) is 6.61 Å². The SMILES string of the molecule is C[N+](C)(C)CCOP(=O)(O)OC(COC(=O)COc1cc(I)cc(I)c1I)COC(=O)COc1cc(I)cc(I)c1I. The van der Waals surface area contributed by atoms with Gasteiger partial charge in [-0.2, -0.15) is 0 Å². The molecule has 0 aliphatic heterocycles. The monoisotopic (exact) mass is 1280 g/mol. The third-order valence-electron chi connectivity index (χ3n) is 4.77. The van der Waals surface area contributed by atoms with E-state index in [9.17, 15) is 19.0 Å². The molecule has 0 amide bonds. The average molecular weight is 1280 g/mol. The molecule has 1 atom stereocenters. The summed E-state index contributed by atoms with van der Waals surface area (Å²) in [5.74, 6) is -0.448. The lowest BCUT2D eigenvalue weighted by Crippen LogP contribution is -2.37. The van der Waals surface area contributed by atoms with Crippen molar-refractivity contribution in [3.8, 4) is 11.5 Å². The van der Waals surface area contributed by atoms with Crippen LogP contribution < -0.4 is 9.47 Å². The second kappa shape index (κ2) is 18.7. The number of quaternary nitrogens is 1. The second-order valence-electron chi connectivity index (χ2n) is 9.39.